The van der Waals surface area contributed by atoms with Gasteiger partial charge in [-0.05, 0) is 25.1 Å². The minimum atomic E-state index is -3.35. The van der Waals surface area contributed by atoms with E-state index in [9.17, 15) is 13.2 Å². The third kappa shape index (κ3) is 3.83. The third-order valence-electron chi connectivity index (χ3n) is 4.36. The molecule has 3 rings (SSSR count). The Morgan fingerprint density at radius 2 is 2.16 bits per heavy atom. The van der Waals surface area contributed by atoms with Crippen molar-refractivity contribution in [1.29, 1.82) is 0 Å². The van der Waals surface area contributed by atoms with E-state index >= 15 is 0 Å². The van der Waals surface area contributed by atoms with Gasteiger partial charge in [0, 0.05) is 25.6 Å². The van der Waals surface area contributed by atoms with Gasteiger partial charge >= 0.3 is 0 Å². The molecule has 2 unspecified atom stereocenters. The van der Waals surface area contributed by atoms with E-state index in [2.05, 4.69) is 15.3 Å². The number of imidazole rings is 1. The van der Waals surface area contributed by atoms with Gasteiger partial charge in [0.15, 0.2) is 0 Å². The average Bonchev–Trinajstić information content (AvgIpc) is 3.11. The number of nitrogens with zero attached hydrogens (tertiary/aromatic N) is 2. The lowest BCUT2D eigenvalue weighted by atomic mass is 10.1. The van der Waals surface area contributed by atoms with E-state index in [0.717, 1.165) is 16.9 Å². The molecule has 0 spiro atoms. The minimum Gasteiger partial charge on any atom is -0.379 e. The number of ether oxygens (including phenoxy) is 1. The first kappa shape index (κ1) is 17.8. The largest absolute Gasteiger partial charge is 0.379 e. The molecule has 25 heavy (non-hydrogen) atoms. The summed E-state index contributed by atoms with van der Waals surface area (Å²) in [5.74, 6) is 0.209. The fourth-order valence-corrected chi connectivity index (χ4v) is 4.04. The second-order valence-electron chi connectivity index (χ2n) is 6.49. The molecule has 8 nitrogen and oxygen atoms in total. The Morgan fingerprint density at radius 3 is 2.88 bits per heavy atom. The van der Waals surface area contributed by atoms with Crippen LogP contribution in [0, 0.1) is 12.8 Å². The number of nitrogens with one attached hydrogen (secondary N) is 2. The number of aromatic amines is 1. The van der Waals surface area contributed by atoms with Crippen LogP contribution in [0.5, 0.6) is 0 Å². The van der Waals surface area contributed by atoms with Gasteiger partial charge in [-0.1, -0.05) is 0 Å². The number of hydrogen-bond donors (Lipinski definition) is 2. The van der Waals surface area contributed by atoms with Crippen molar-refractivity contribution in [2.24, 2.45) is 5.92 Å². The number of aryl methyl sites for hydroxylation is 1. The van der Waals surface area contributed by atoms with Crippen LogP contribution < -0.4 is 5.32 Å². The van der Waals surface area contributed by atoms with E-state index in [1.165, 1.54) is 18.4 Å². The Bertz CT molecular complexity index is 891. The molecule has 1 aliphatic rings. The number of carbonyl (C=O) groups is 1. The molecule has 136 valence electrons. The number of H-pyrrole nitrogens is 1. The topological polar surface area (TPSA) is 104 Å². The van der Waals surface area contributed by atoms with Crippen LogP contribution in [-0.4, -0.2) is 67.7 Å². The zero-order chi connectivity index (χ0) is 18.2. The van der Waals surface area contributed by atoms with Crippen molar-refractivity contribution in [3.8, 4) is 0 Å². The number of hydrogen-bond acceptors (Lipinski definition) is 5. The highest BCUT2D eigenvalue weighted by Gasteiger charge is 2.34. The van der Waals surface area contributed by atoms with Crippen molar-refractivity contribution in [3.05, 3.63) is 29.6 Å². The van der Waals surface area contributed by atoms with Crippen LogP contribution in [-0.2, 0) is 14.8 Å². The molecule has 1 aromatic carbocycles. The number of aromatic nitrogens is 2. The summed E-state index contributed by atoms with van der Waals surface area (Å²) in [5.41, 5.74) is 2.09. The molecular weight excluding hydrogens is 344 g/mol. The summed E-state index contributed by atoms with van der Waals surface area (Å²) in [4.78, 5) is 19.9. The maximum atomic E-state index is 12.5. The highest BCUT2D eigenvalue weighted by Crippen LogP contribution is 2.19. The Hall–Kier alpha value is -1.97. The monoisotopic (exact) mass is 366 g/mol. The minimum absolute atomic E-state index is 0.0519. The normalized spacial score (nSPS) is 21.1. The van der Waals surface area contributed by atoms with Gasteiger partial charge in [-0.15, -0.1) is 0 Å². The fourth-order valence-electron chi connectivity index (χ4n) is 2.87. The number of rotatable bonds is 5. The van der Waals surface area contributed by atoms with Gasteiger partial charge in [0.2, 0.25) is 10.0 Å². The summed E-state index contributed by atoms with van der Waals surface area (Å²) in [6, 6.07) is 4.90. The maximum Gasteiger partial charge on any atom is 0.251 e. The standard InChI is InChI=1S/C16H22N4O4S/c1-10-17-13-5-4-11(6-14(13)18-10)16(21)19-15-8-24-7-12(15)9-25(22,23)20(2)3/h4-6,12,15H,7-9H2,1-3H3,(H,17,18)(H,19,21). The van der Waals surface area contributed by atoms with Crippen LogP contribution in [0.4, 0.5) is 0 Å². The summed E-state index contributed by atoms with van der Waals surface area (Å²) in [5, 5.41) is 2.90. The van der Waals surface area contributed by atoms with Gasteiger partial charge < -0.3 is 15.0 Å². The summed E-state index contributed by atoms with van der Waals surface area (Å²) in [7, 11) is -0.352. The van der Waals surface area contributed by atoms with Crippen molar-refractivity contribution in [2.45, 2.75) is 13.0 Å². The number of sulfonamides is 1. The van der Waals surface area contributed by atoms with Crippen LogP contribution in [0.15, 0.2) is 18.2 Å². The molecule has 9 heteroatoms. The molecule has 1 aliphatic heterocycles. The smallest absolute Gasteiger partial charge is 0.251 e. The molecule has 2 aromatic rings. The zero-order valence-corrected chi connectivity index (χ0v) is 15.3. The van der Waals surface area contributed by atoms with Crippen LogP contribution >= 0.6 is 0 Å². The molecule has 1 aromatic heterocycles. The van der Waals surface area contributed by atoms with Crippen molar-refractivity contribution in [3.63, 3.8) is 0 Å². The Morgan fingerprint density at radius 1 is 1.40 bits per heavy atom. The van der Waals surface area contributed by atoms with E-state index in [1.807, 2.05) is 6.92 Å². The Balaban J connectivity index is 1.72. The zero-order valence-electron chi connectivity index (χ0n) is 14.4. The van der Waals surface area contributed by atoms with Crippen molar-refractivity contribution >= 4 is 27.0 Å². The van der Waals surface area contributed by atoms with Crippen LogP contribution in [0.1, 0.15) is 16.2 Å². The molecule has 1 fully saturated rings. The Kier molecular flexibility index (Phi) is 4.81. The average molecular weight is 366 g/mol. The van der Waals surface area contributed by atoms with Crippen molar-refractivity contribution in [1.82, 2.24) is 19.6 Å². The lowest BCUT2D eigenvalue weighted by molar-refractivity contribution is 0.0926. The van der Waals surface area contributed by atoms with E-state index in [-0.39, 0.29) is 23.6 Å². The van der Waals surface area contributed by atoms with Gasteiger partial charge in [-0.2, -0.15) is 0 Å². The summed E-state index contributed by atoms with van der Waals surface area (Å²) >= 11 is 0. The van der Waals surface area contributed by atoms with Crippen LogP contribution in [0.2, 0.25) is 0 Å². The number of amides is 1. The predicted molar refractivity (Wildman–Crippen MR) is 93.9 cm³/mol. The molecule has 2 atom stereocenters. The Labute approximate surface area is 146 Å². The third-order valence-corrected chi connectivity index (χ3v) is 6.32. The molecule has 2 N–H and O–H groups in total. The van der Waals surface area contributed by atoms with E-state index in [4.69, 9.17) is 4.74 Å². The first-order valence-electron chi connectivity index (χ1n) is 8.01. The highest BCUT2D eigenvalue weighted by atomic mass is 32.2. The highest BCUT2D eigenvalue weighted by molar-refractivity contribution is 7.89. The lowest BCUT2D eigenvalue weighted by Gasteiger charge is -2.21. The van der Waals surface area contributed by atoms with Crippen LogP contribution in [0.25, 0.3) is 11.0 Å². The van der Waals surface area contributed by atoms with Crippen LogP contribution in [0.3, 0.4) is 0 Å². The molecule has 0 aliphatic carbocycles. The lowest BCUT2D eigenvalue weighted by Crippen LogP contribution is -2.43. The summed E-state index contributed by atoms with van der Waals surface area (Å²) < 4.78 is 30.8. The molecule has 1 saturated heterocycles. The molecule has 2 heterocycles. The maximum absolute atomic E-state index is 12.5. The predicted octanol–water partition coefficient (Wildman–Crippen LogP) is 0.508. The summed E-state index contributed by atoms with van der Waals surface area (Å²) in [6.07, 6.45) is 0. The van der Waals surface area contributed by atoms with Gasteiger partial charge in [0.05, 0.1) is 36.0 Å². The second kappa shape index (κ2) is 6.74. The number of benzene rings is 1. The van der Waals surface area contributed by atoms with E-state index in [1.54, 1.807) is 18.2 Å². The van der Waals surface area contributed by atoms with Crippen molar-refractivity contribution in [2.75, 3.05) is 33.1 Å². The van der Waals surface area contributed by atoms with Gasteiger partial charge in [0.1, 0.15) is 5.82 Å². The quantitative estimate of drug-likeness (QED) is 0.802. The SMILES string of the molecule is Cc1nc2ccc(C(=O)NC3COCC3CS(=O)(=O)N(C)C)cc2[nH]1. The number of carbonyl (C=O) groups excluding carboxylic acids is 1. The van der Waals surface area contributed by atoms with E-state index < -0.39 is 10.0 Å². The fraction of sp³-hybridized carbons (Fsp3) is 0.500. The summed E-state index contributed by atoms with van der Waals surface area (Å²) in [6.45, 7) is 2.48. The molecule has 0 radical (unpaired) electrons. The number of fused-ring (bicyclic) bond motifs is 1. The van der Waals surface area contributed by atoms with Gasteiger partial charge in [0.25, 0.3) is 5.91 Å². The van der Waals surface area contributed by atoms with Crippen molar-refractivity contribution < 1.29 is 17.9 Å². The first-order valence-corrected chi connectivity index (χ1v) is 9.62. The molecule has 1 amide bonds. The molecule has 0 saturated carbocycles. The van der Waals surface area contributed by atoms with Gasteiger partial charge in [-0.25, -0.2) is 17.7 Å². The van der Waals surface area contributed by atoms with Gasteiger partial charge in [-0.3, -0.25) is 4.79 Å². The van der Waals surface area contributed by atoms with E-state index in [0.29, 0.717) is 18.8 Å². The second-order valence-corrected chi connectivity index (χ2v) is 8.72. The molecule has 0 bridgehead atoms. The molecular formula is C16H22N4O4S. The first-order chi connectivity index (χ1) is 11.8.